The number of nitrogens with one attached hydrogen (secondary N) is 3. The summed E-state index contributed by atoms with van der Waals surface area (Å²) in [5.41, 5.74) is 3.19. The first-order valence-electron chi connectivity index (χ1n) is 6.49. The minimum atomic E-state index is 0.179. The van der Waals surface area contributed by atoms with E-state index in [2.05, 4.69) is 45.6 Å². The Bertz CT molecular complexity index is 653. The first kappa shape index (κ1) is 13.6. The van der Waals surface area contributed by atoms with Gasteiger partial charge in [-0.05, 0) is 18.1 Å². The standard InChI is InChI=1S/C13H16ClN5S/c1-7(2)13(10-6-16-19-18-10)15-5-8-3-11-9(17-8)4-12(14)20-11/h3-4,6-7,13,15,17H,5H2,1-2H3,(H,16,18,19). The van der Waals surface area contributed by atoms with Crippen LogP contribution in [0.3, 0.4) is 0 Å². The number of H-pyrrole nitrogens is 2. The third-order valence-corrected chi connectivity index (χ3v) is 4.47. The quantitative estimate of drug-likeness (QED) is 0.675. The number of hydrogen-bond acceptors (Lipinski definition) is 4. The van der Waals surface area contributed by atoms with Crippen LogP contribution in [0.15, 0.2) is 18.3 Å². The Kier molecular flexibility index (Phi) is 3.78. The molecule has 0 saturated heterocycles. The zero-order chi connectivity index (χ0) is 14.1. The van der Waals surface area contributed by atoms with Gasteiger partial charge in [-0.1, -0.05) is 25.4 Å². The van der Waals surface area contributed by atoms with E-state index < -0.39 is 0 Å². The summed E-state index contributed by atoms with van der Waals surface area (Å²) in [7, 11) is 0. The minimum absolute atomic E-state index is 0.179. The van der Waals surface area contributed by atoms with Crippen molar-refractivity contribution in [2.75, 3.05) is 0 Å². The molecule has 3 heterocycles. The lowest BCUT2D eigenvalue weighted by molar-refractivity contribution is 0.400. The average molecular weight is 310 g/mol. The molecule has 106 valence electrons. The summed E-state index contributed by atoms with van der Waals surface area (Å²) in [6.45, 7) is 5.09. The van der Waals surface area contributed by atoms with Gasteiger partial charge in [0.25, 0.3) is 0 Å². The molecule has 0 radical (unpaired) electrons. The number of halogens is 1. The molecule has 0 amide bonds. The summed E-state index contributed by atoms with van der Waals surface area (Å²) in [5.74, 6) is 0.436. The molecule has 0 saturated carbocycles. The van der Waals surface area contributed by atoms with Gasteiger partial charge in [-0.3, -0.25) is 0 Å². The number of hydrogen-bond donors (Lipinski definition) is 3. The van der Waals surface area contributed by atoms with Gasteiger partial charge < -0.3 is 10.3 Å². The van der Waals surface area contributed by atoms with Gasteiger partial charge in [0.15, 0.2) is 0 Å². The number of fused-ring (bicyclic) bond motifs is 1. The summed E-state index contributed by atoms with van der Waals surface area (Å²) >= 11 is 7.57. The number of aromatic amines is 2. The maximum Gasteiger partial charge on any atom is 0.0996 e. The predicted octanol–water partition coefficient (Wildman–Crippen LogP) is 3.49. The first-order valence-corrected chi connectivity index (χ1v) is 7.69. The number of nitrogens with zero attached hydrogens (tertiary/aromatic N) is 2. The molecule has 3 aromatic heterocycles. The van der Waals surface area contributed by atoms with E-state index in [-0.39, 0.29) is 6.04 Å². The molecule has 0 aliphatic heterocycles. The van der Waals surface area contributed by atoms with Gasteiger partial charge in [-0.25, -0.2) is 0 Å². The second-order valence-corrected chi connectivity index (χ2v) is 6.84. The van der Waals surface area contributed by atoms with Gasteiger partial charge in [-0.2, -0.15) is 15.4 Å². The lowest BCUT2D eigenvalue weighted by Crippen LogP contribution is -2.25. The fraction of sp³-hybridized carbons (Fsp3) is 0.385. The first-order chi connectivity index (χ1) is 9.63. The van der Waals surface area contributed by atoms with Crippen molar-refractivity contribution in [3.05, 3.63) is 34.1 Å². The highest BCUT2D eigenvalue weighted by Gasteiger charge is 2.18. The molecule has 3 rings (SSSR count). The van der Waals surface area contributed by atoms with Crippen LogP contribution < -0.4 is 5.32 Å². The Balaban J connectivity index is 1.72. The molecule has 20 heavy (non-hydrogen) atoms. The lowest BCUT2D eigenvalue weighted by Gasteiger charge is -2.19. The largest absolute Gasteiger partial charge is 0.357 e. The summed E-state index contributed by atoms with van der Waals surface area (Å²) in [4.78, 5) is 3.38. The molecule has 1 atom stereocenters. The normalized spacial score (nSPS) is 13.4. The molecule has 0 aromatic carbocycles. The molecule has 0 aliphatic carbocycles. The van der Waals surface area contributed by atoms with Crippen LogP contribution in [0.4, 0.5) is 0 Å². The number of rotatable bonds is 5. The van der Waals surface area contributed by atoms with Gasteiger partial charge in [0.2, 0.25) is 0 Å². The number of thiophene rings is 1. The Labute approximate surface area is 125 Å². The molecule has 5 nitrogen and oxygen atoms in total. The molecular formula is C13H16ClN5S. The zero-order valence-corrected chi connectivity index (χ0v) is 12.8. The Hall–Kier alpha value is -1.37. The average Bonchev–Trinajstić information content (AvgIpc) is 3.05. The van der Waals surface area contributed by atoms with E-state index in [1.54, 1.807) is 17.5 Å². The Morgan fingerprint density at radius 1 is 1.40 bits per heavy atom. The summed E-state index contributed by atoms with van der Waals surface area (Å²) in [5, 5.41) is 14.2. The number of aromatic nitrogens is 4. The van der Waals surface area contributed by atoms with Gasteiger partial charge in [-0.15, -0.1) is 11.3 Å². The molecule has 7 heteroatoms. The van der Waals surface area contributed by atoms with Crippen molar-refractivity contribution in [3.8, 4) is 0 Å². The summed E-state index contributed by atoms with van der Waals surface area (Å²) in [6, 6.07) is 4.28. The highest BCUT2D eigenvalue weighted by molar-refractivity contribution is 7.22. The van der Waals surface area contributed by atoms with Crippen molar-refractivity contribution >= 4 is 33.2 Å². The van der Waals surface area contributed by atoms with E-state index in [1.807, 2.05) is 6.07 Å². The molecule has 0 bridgehead atoms. The van der Waals surface area contributed by atoms with Crippen molar-refractivity contribution in [2.45, 2.75) is 26.4 Å². The van der Waals surface area contributed by atoms with Crippen LogP contribution in [0.2, 0.25) is 4.34 Å². The van der Waals surface area contributed by atoms with E-state index in [9.17, 15) is 0 Å². The van der Waals surface area contributed by atoms with E-state index in [0.29, 0.717) is 5.92 Å². The second kappa shape index (κ2) is 5.55. The molecule has 1 unspecified atom stereocenters. The third-order valence-electron chi connectivity index (χ3n) is 3.26. The minimum Gasteiger partial charge on any atom is -0.357 e. The highest BCUT2D eigenvalue weighted by Crippen LogP contribution is 2.30. The van der Waals surface area contributed by atoms with Crippen LogP contribution in [0, 0.1) is 5.92 Å². The molecule has 0 aliphatic rings. The van der Waals surface area contributed by atoms with Crippen LogP contribution in [-0.2, 0) is 6.54 Å². The maximum atomic E-state index is 5.98. The van der Waals surface area contributed by atoms with Crippen LogP contribution in [-0.4, -0.2) is 20.4 Å². The van der Waals surface area contributed by atoms with Crippen LogP contribution in [0.5, 0.6) is 0 Å². The molecular weight excluding hydrogens is 294 g/mol. The fourth-order valence-electron chi connectivity index (χ4n) is 2.30. The van der Waals surface area contributed by atoms with Crippen molar-refractivity contribution in [2.24, 2.45) is 5.92 Å². The van der Waals surface area contributed by atoms with E-state index in [1.165, 1.54) is 4.70 Å². The zero-order valence-electron chi connectivity index (χ0n) is 11.3. The molecule has 0 spiro atoms. The van der Waals surface area contributed by atoms with Crippen molar-refractivity contribution in [3.63, 3.8) is 0 Å². The van der Waals surface area contributed by atoms with Crippen LogP contribution in [0.25, 0.3) is 10.2 Å². The predicted molar refractivity (Wildman–Crippen MR) is 82.0 cm³/mol. The highest BCUT2D eigenvalue weighted by atomic mass is 35.5. The van der Waals surface area contributed by atoms with Crippen molar-refractivity contribution in [1.82, 2.24) is 25.7 Å². The van der Waals surface area contributed by atoms with Gasteiger partial charge >= 0.3 is 0 Å². The second-order valence-electron chi connectivity index (χ2n) is 5.12. The maximum absolute atomic E-state index is 5.98. The smallest absolute Gasteiger partial charge is 0.0996 e. The van der Waals surface area contributed by atoms with Gasteiger partial charge in [0.1, 0.15) is 0 Å². The van der Waals surface area contributed by atoms with Gasteiger partial charge in [0, 0.05) is 12.2 Å². The monoisotopic (exact) mass is 309 g/mol. The van der Waals surface area contributed by atoms with Crippen molar-refractivity contribution in [1.29, 1.82) is 0 Å². The molecule has 3 N–H and O–H groups in total. The Morgan fingerprint density at radius 2 is 2.25 bits per heavy atom. The Morgan fingerprint density at radius 3 is 2.90 bits per heavy atom. The summed E-state index contributed by atoms with van der Waals surface area (Å²) < 4.78 is 2.00. The van der Waals surface area contributed by atoms with Crippen LogP contribution >= 0.6 is 22.9 Å². The third kappa shape index (κ3) is 2.72. The topological polar surface area (TPSA) is 69.4 Å². The van der Waals surface area contributed by atoms with Gasteiger partial charge in [0.05, 0.1) is 32.5 Å². The van der Waals surface area contributed by atoms with E-state index in [0.717, 1.165) is 27.8 Å². The van der Waals surface area contributed by atoms with E-state index >= 15 is 0 Å². The van der Waals surface area contributed by atoms with E-state index in [4.69, 9.17) is 11.6 Å². The van der Waals surface area contributed by atoms with Crippen molar-refractivity contribution < 1.29 is 0 Å². The molecule has 0 fully saturated rings. The SMILES string of the molecule is CC(C)C(NCc1cc2sc(Cl)cc2[nH]1)c1cn[nH]n1. The fourth-order valence-corrected chi connectivity index (χ4v) is 3.47. The summed E-state index contributed by atoms with van der Waals surface area (Å²) in [6.07, 6.45) is 1.77. The lowest BCUT2D eigenvalue weighted by atomic mass is 10.0. The molecule has 3 aromatic rings. The van der Waals surface area contributed by atoms with Crippen LogP contribution in [0.1, 0.15) is 31.3 Å².